The first-order chi connectivity index (χ1) is 11.6. The summed E-state index contributed by atoms with van der Waals surface area (Å²) in [6.07, 6.45) is 2.49. The Hall–Kier alpha value is -1.75. The van der Waals surface area contributed by atoms with Crippen molar-refractivity contribution in [2.45, 2.75) is 26.7 Å². The average Bonchev–Trinajstić information content (AvgIpc) is 2.58. The number of halogens is 1. The van der Waals surface area contributed by atoms with Gasteiger partial charge in [0.25, 0.3) is 5.91 Å². The molecule has 0 aromatic heterocycles. The van der Waals surface area contributed by atoms with Gasteiger partial charge in [0.15, 0.2) is 5.96 Å². The summed E-state index contributed by atoms with van der Waals surface area (Å²) < 4.78 is 0. The highest BCUT2D eigenvalue weighted by Gasteiger charge is 2.18. The zero-order valence-corrected chi connectivity index (χ0v) is 15.3. The van der Waals surface area contributed by atoms with E-state index in [1.165, 1.54) is 12.8 Å². The minimum atomic E-state index is -0.0986. The van der Waals surface area contributed by atoms with Crippen molar-refractivity contribution in [1.29, 1.82) is 0 Å². The second-order valence-corrected chi connectivity index (χ2v) is 6.63. The largest absolute Gasteiger partial charge is 0.357 e. The third kappa shape index (κ3) is 5.71. The van der Waals surface area contributed by atoms with Crippen molar-refractivity contribution >= 4 is 23.5 Å². The third-order valence-corrected chi connectivity index (χ3v) is 4.31. The van der Waals surface area contributed by atoms with Crippen molar-refractivity contribution in [3.8, 4) is 0 Å². The van der Waals surface area contributed by atoms with Crippen molar-refractivity contribution in [3.63, 3.8) is 0 Å². The van der Waals surface area contributed by atoms with E-state index in [2.05, 4.69) is 34.4 Å². The monoisotopic (exact) mass is 350 g/mol. The first kappa shape index (κ1) is 18.6. The lowest BCUT2D eigenvalue weighted by molar-refractivity contribution is 0.0955. The number of hydrogen-bond acceptors (Lipinski definition) is 2. The quantitative estimate of drug-likeness (QED) is 0.487. The fourth-order valence-corrected chi connectivity index (χ4v) is 2.97. The van der Waals surface area contributed by atoms with Crippen molar-refractivity contribution in [1.82, 2.24) is 15.5 Å². The number of nitrogens with one attached hydrogen (secondary N) is 2. The number of rotatable bonds is 5. The highest BCUT2D eigenvalue weighted by Crippen LogP contribution is 2.15. The topological polar surface area (TPSA) is 56.7 Å². The molecule has 132 valence electrons. The Labute approximate surface area is 149 Å². The number of amides is 1. The van der Waals surface area contributed by atoms with E-state index >= 15 is 0 Å². The summed E-state index contributed by atoms with van der Waals surface area (Å²) in [5, 5.41) is 6.87. The van der Waals surface area contributed by atoms with Crippen LogP contribution in [0.15, 0.2) is 29.3 Å². The molecule has 1 aromatic rings. The Kier molecular flexibility index (Phi) is 7.37. The minimum absolute atomic E-state index is 0.0986. The number of carbonyl (C=O) groups excluding carboxylic acids is 1. The van der Waals surface area contributed by atoms with E-state index in [0.29, 0.717) is 29.6 Å². The predicted molar refractivity (Wildman–Crippen MR) is 99.7 cm³/mol. The SMILES string of the molecule is CCNC(=NCCNC(=O)c1ccc(Cl)cc1)N1CCCC(C)C1. The molecule has 6 heteroatoms. The Morgan fingerprint density at radius 3 is 2.75 bits per heavy atom. The van der Waals surface area contributed by atoms with Crippen LogP contribution in [-0.2, 0) is 0 Å². The molecule has 0 spiro atoms. The summed E-state index contributed by atoms with van der Waals surface area (Å²) in [5.74, 6) is 1.55. The summed E-state index contributed by atoms with van der Waals surface area (Å²) in [6.45, 7) is 8.37. The van der Waals surface area contributed by atoms with Crippen LogP contribution in [-0.4, -0.2) is 49.5 Å². The Bertz CT molecular complexity index is 559. The average molecular weight is 351 g/mol. The molecule has 0 radical (unpaired) electrons. The number of likely N-dealkylation sites (tertiary alicyclic amines) is 1. The van der Waals surface area contributed by atoms with Gasteiger partial charge in [0.05, 0.1) is 6.54 Å². The molecule has 24 heavy (non-hydrogen) atoms. The number of carbonyl (C=O) groups is 1. The lowest BCUT2D eigenvalue weighted by Gasteiger charge is -2.33. The van der Waals surface area contributed by atoms with Crippen molar-refractivity contribution in [2.75, 3.05) is 32.7 Å². The molecule has 2 rings (SSSR count). The second kappa shape index (κ2) is 9.52. The zero-order valence-electron chi connectivity index (χ0n) is 14.5. The van der Waals surface area contributed by atoms with E-state index in [4.69, 9.17) is 11.6 Å². The number of piperidine rings is 1. The van der Waals surface area contributed by atoms with Crippen LogP contribution in [0.1, 0.15) is 37.0 Å². The van der Waals surface area contributed by atoms with Crippen LogP contribution in [0.4, 0.5) is 0 Å². The summed E-state index contributed by atoms with van der Waals surface area (Å²) in [4.78, 5) is 19.0. The van der Waals surface area contributed by atoms with Gasteiger partial charge in [-0.25, -0.2) is 0 Å². The van der Waals surface area contributed by atoms with Gasteiger partial charge in [0, 0.05) is 36.8 Å². The molecule has 5 nitrogen and oxygen atoms in total. The maximum atomic E-state index is 12.0. The van der Waals surface area contributed by atoms with E-state index in [1.807, 2.05) is 0 Å². The van der Waals surface area contributed by atoms with E-state index in [-0.39, 0.29) is 5.91 Å². The molecule has 1 aromatic carbocycles. The number of hydrogen-bond donors (Lipinski definition) is 2. The maximum Gasteiger partial charge on any atom is 0.251 e. The predicted octanol–water partition coefficient (Wildman–Crippen LogP) is 2.77. The van der Waals surface area contributed by atoms with E-state index in [1.54, 1.807) is 24.3 Å². The summed E-state index contributed by atoms with van der Waals surface area (Å²) in [5.41, 5.74) is 0.611. The second-order valence-electron chi connectivity index (χ2n) is 6.19. The minimum Gasteiger partial charge on any atom is -0.357 e. The number of aliphatic imine (C=N–C) groups is 1. The molecule has 2 N–H and O–H groups in total. The lowest BCUT2D eigenvalue weighted by atomic mass is 10.0. The van der Waals surface area contributed by atoms with E-state index < -0.39 is 0 Å². The van der Waals surface area contributed by atoms with Crippen LogP contribution in [0.3, 0.4) is 0 Å². The van der Waals surface area contributed by atoms with Gasteiger partial charge in [0.1, 0.15) is 0 Å². The smallest absolute Gasteiger partial charge is 0.251 e. The summed E-state index contributed by atoms with van der Waals surface area (Å²) >= 11 is 5.83. The van der Waals surface area contributed by atoms with Crippen molar-refractivity contribution in [2.24, 2.45) is 10.9 Å². The molecule has 1 amide bonds. The van der Waals surface area contributed by atoms with Gasteiger partial charge >= 0.3 is 0 Å². The summed E-state index contributed by atoms with van der Waals surface area (Å²) in [7, 11) is 0. The van der Waals surface area contributed by atoms with Gasteiger partial charge in [-0.1, -0.05) is 18.5 Å². The van der Waals surface area contributed by atoms with Crippen molar-refractivity contribution in [3.05, 3.63) is 34.9 Å². The van der Waals surface area contributed by atoms with Crippen LogP contribution in [0.2, 0.25) is 5.02 Å². The van der Waals surface area contributed by atoms with Gasteiger partial charge in [-0.05, 0) is 49.9 Å². The molecular weight excluding hydrogens is 324 g/mol. The molecule has 0 aliphatic carbocycles. The Morgan fingerprint density at radius 1 is 1.33 bits per heavy atom. The molecule has 1 heterocycles. The Morgan fingerprint density at radius 2 is 2.08 bits per heavy atom. The number of benzene rings is 1. The van der Waals surface area contributed by atoms with Gasteiger partial charge < -0.3 is 15.5 Å². The fraction of sp³-hybridized carbons (Fsp3) is 0.556. The van der Waals surface area contributed by atoms with Gasteiger partial charge in [-0.2, -0.15) is 0 Å². The molecule has 1 saturated heterocycles. The van der Waals surface area contributed by atoms with Crippen LogP contribution >= 0.6 is 11.6 Å². The molecule has 1 aliphatic rings. The van der Waals surface area contributed by atoms with Crippen LogP contribution in [0.5, 0.6) is 0 Å². The van der Waals surface area contributed by atoms with Crippen LogP contribution < -0.4 is 10.6 Å². The first-order valence-corrected chi connectivity index (χ1v) is 9.05. The van der Waals surface area contributed by atoms with Gasteiger partial charge in [-0.3, -0.25) is 9.79 Å². The maximum absolute atomic E-state index is 12.0. The molecule has 1 aliphatic heterocycles. The molecule has 0 bridgehead atoms. The number of nitrogens with zero attached hydrogens (tertiary/aromatic N) is 2. The van der Waals surface area contributed by atoms with Crippen LogP contribution in [0, 0.1) is 5.92 Å². The standard InChI is InChI=1S/C18H27ClN4O/c1-3-20-18(23-12-4-5-14(2)13-23)22-11-10-21-17(24)15-6-8-16(19)9-7-15/h6-9,14H,3-5,10-13H2,1-2H3,(H,20,22)(H,21,24). The van der Waals surface area contributed by atoms with Crippen molar-refractivity contribution < 1.29 is 4.79 Å². The molecule has 1 atom stereocenters. The van der Waals surface area contributed by atoms with E-state index in [0.717, 1.165) is 25.6 Å². The summed E-state index contributed by atoms with van der Waals surface area (Å²) in [6, 6.07) is 6.88. The molecule has 1 unspecified atom stereocenters. The van der Waals surface area contributed by atoms with Crippen LogP contribution in [0.25, 0.3) is 0 Å². The zero-order chi connectivity index (χ0) is 17.4. The molecular formula is C18H27ClN4O. The number of guanidine groups is 1. The fourth-order valence-electron chi connectivity index (χ4n) is 2.84. The molecule has 0 saturated carbocycles. The normalized spacial score (nSPS) is 18.4. The third-order valence-electron chi connectivity index (χ3n) is 4.06. The molecule has 1 fully saturated rings. The van der Waals surface area contributed by atoms with Gasteiger partial charge in [-0.15, -0.1) is 0 Å². The Balaban J connectivity index is 1.83. The highest BCUT2D eigenvalue weighted by atomic mass is 35.5. The first-order valence-electron chi connectivity index (χ1n) is 8.67. The van der Waals surface area contributed by atoms with Gasteiger partial charge in [0.2, 0.25) is 0 Å². The highest BCUT2D eigenvalue weighted by molar-refractivity contribution is 6.30. The lowest BCUT2D eigenvalue weighted by Crippen LogP contribution is -2.46. The van der Waals surface area contributed by atoms with E-state index in [9.17, 15) is 4.79 Å².